The fourth-order valence-corrected chi connectivity index (χ4v) is 2.24. The molecule has 0 aliphatic rings. The average molecular weight is 393 g/mol. The van der Waals surface area contributed by atoms with Gasteiger partial charge in [0.25, 0.3) is 0 Å². The predicted octanol–water partition coefficient (Wildman–Crippen LogP) is 4.17. The maximum atomic E-state index is 13.9. The summed E-state index contributed by atoms with van der Waals surface area (Å²) >= 11 is 8.09. The summed E-state index contributed by atoms with van der Waals surface area (Å²) in [5.41, 5.74) is 0.743. The summed E-state index contributed by atoms with van der Waals surface area (Å²) in [5.74, 6) is -0.101. The van der Waals surface area contributed by atoms with Crippen LogP contribution >= 0.6 is 34.2 Å². The molecule has 0 aliphatic carbocycles. The molecule has 0 aliphatic heterocycles. The second-order valence-corrected chi connectivity index (χ2v) is 5.53. The van der Waals surface area contributed by atoms with Crippen molar-refractivity contribution in [2.45, 2.75) is 6.10 Å². The Hall–Kier alpha value is -0.850. The molecule has 5 heteroatoms. The summed E-state index contributed by atoms with van der Waals surface area (Å²) < 4.78 is 19.7. The van der Waals surface area contributed by atoms with Crippen LogP contribution in [0.1, 0.15) is 17.2 Å². The molecule has 0 saturated heterocycles. The normalized spacial score (nSPS) is 12.3. The number of hydrogen-bond donors (Lipinski definition) is 1. The lowest BCUT2D eigenvalue weighted by molar-refractivity contribution is 0.214. The smallest absolute Gasteiger partial charge is 0.133 e. The van der Waals surface area contributed by atoms with Crippen molar-refractivity contribution in [3.05, 3.63) is 61.9 Å². The Morgan fingerprint density at radius 1 is 1.26 bits per heavy atom. The summed E-state index contributed by atoms with van der Waals surface area (Å²) in [6, 6.07) is 9.50. The third kappa shape index (κ3) is 3.19. The molecule has 2 aromatic carbocycles. The van der Waals surface area contributed by atoms with Crippen LogP contribution in [0.3, 0.4) is 0 Å². The van der Waals surface area contributed by atoms with Crippen LogP contribution in [-0.2, 0) is 0 Å². The number of benzene rings is 2. The van der Waals surface area contributed by atoms with Gasteiger partial charge in [-0.1, -0.05) is 17.7 Å². The average Bonchev–Trinajstić information content (AvgIpc) is 2.41. The van der Waals surface area contributed by atoms with Crippen LogP contribution in [0.25, 0.3) is 0 Å². The number of rotatable bonds is 3. The molecule has 0 fully saturated rings. The minimum Gasteiger partial charge on any atom is -0.497 e. The van der Waals surface area contributed by atoms with Crippen molar-refractivity contribution in [3.63, 3.8) is 0 Å². The van der Waals surface area contributed by atoms with Gasteiger partial charge in [0.15, 0.2) is 0 Å². The molecular weight excluding hydrogens is 382 g/mol. The lowest BCUT2D eigenvalue weighted by Crippen LogP contribution is -2.03. The maximum absolute atomic E-state index is 13.9. The largest absolute Gasteiger partial charge is 0.497 e. The molecular formula is C14H11ClFIO2. The molecule has 0 radical (unpaired) electrons. The Labute approximate surface area is 129 Å². The van der Waals surface area contributed by atoms with E-state index in [9.17, 15) is 9.50 Å². The van der Waals surface area contributed by atoms with E-state index in [2.05, 4.69) is 22.6 Å². The highest BCUT2D eigenvalue weighted by Crippen LogP contribution is 2.29. The molecule has 0 bridgehead atoms. The number of ether oxygens (including phenoxy) is 1. The van der Waals surface area contributed by atoms with Crippen molar-refractivity contribution in [2.75, 3.05) is 7.11 Å². The zero-order chi connectivity index (χ0) is 14.0. The summed E-state index contributed by atoms with van der Waals surface area (Å²) in [7, 11) is 1.46. The third-order valence-electron chi connectivity index (χ3n) is 2.76. The first-order chi connectivity index (χ1) is 9.02. The van der Waals surface area contributed by atoms with Crippen molar-refractivity contribution >= 4 is 34.2 Å². The van der Waals surface area contributed by atoms with Crippen LogP contribution in [0.4, 0.5) is 4.39 Å². The number of methoxy groups -OCH3 is 1. The van der Waals surface area contributed by atoms with Gasteiger partial charge in [-0.15, -0.1) is 0 Å². The van der Waals surface area contributed by atoms with Gasteiger partial charge in [0.2, 0.25) is 0 Å². The standard InChI is InChI=1S/C14H11ClFIO2/c1-19-9-3-4-10(12(16)7-9)14(18)8-2-5-13(17)11(15)6-8/h2-7,14,18H,1H3. The van der Waals surface area contributed by atoms with Crippen LogP contribution in [0.2, 0.25) is 5.02 Å². The summed E-state index contributed by atoms with van der Waals surface area (Å²) in [5, 5.41) is 10.7. The fourth-order valence-electron chi connectivity index (χ4n) is 1.72. The summed E-state index contributed by atoms with van der Waals surface area (Å²) in [6.45, 7) is 0. The molecule has 0 aromatic heterocycles. The van der Waals surface area contributed by atoms with E-state index in [0.29, 0.717) is 16.3 Å². The lowest BCUT2D eigenvalue weighted by atomic mass is 10.0. The van der Waals surface area contributed by atoms with Gasteiger partial charge in [0.05, 0.1) is 12.1 Å². The van der Waals surface area contributed by atoms with Crippen LogP contribution in [0.15, 0.2) is 36.4 Å². The Balaban J connectivity index is 2.38. The van der Waals surface area contributed by atoms with E-state index in [4.69, 9.17) is 16.3 Å². The molecule has 0 spiro atoms. The summed E-state index contributed by atoms with van der Waals surface area (Å²) in [4.78, 5) is 0. The van der Waals surface area contributed by atoms with Gasteiger partial charge >= 0.3 is 0 Å². The van der Waals surface area contributed by atoms with E-state index < -0.39 is 11.9 Å². The monoisotopic (exact) mass is 392 g/mol. The minimum absolute atomic E-state index is 0.193. The van der Waals surface area contributed by atoms with Crippen molar-refractivity contribution < 1.29 is 14.2 Å². The van der Waals surface area contributed by atoms with E-state index >= 15 is 0 Å². The molecule has 100 valence electrons. The second-order valence-electron chi connectivity index (χ2n) is 3.96. The lowest BCUT2D eigenvalue weighted by Gasteiger charge is -2.14. The van der Waals surface area contributed by atoms with E-state index in [1.165, 1.54) is 19.2 Å². The molecule has 19 heavy (non-hydrogen) atoms. The Bertz CT molecular complexity index is 604. The minimum atomic E-state index is -1.06. The van der Waals surface area contributed by atoms with Crippen molar-refractivity contribution in [1.29, 1.82) is 0 Å². The quantitative estimate of drug-likeness (QED) is 0.794. The van der Waals surface area contributed by atoms with Gasteiger partial charge in [0, 0.05) is 15.2 Å². The van der Waals surface area contributed by atoms with Crippen LogP contribution < -0.4 is 4.74 Å². The number of aliphatic hydroxyl groups is 1. The van der Waals surface area contributed by atoms with Gasteiger partial charge in [-0.25, -0.2) is 4.39 Å². The SMILES string of the molecule is COc1ccc(C(O)c2ccc(I)c(Cl)c2)c(F)c1. The molecule has 0 saturated carbocycles. The number of aliphatic hydroxyl groups excluding tert-OH is 1. The highest BCUT2D eigenvalue weighted by Gasteiger charge is 2.16. The van der Waals surface area contributed by atoms with Crippen LogP contribution in [-0.4, -0.2) is 12.2 Å². The molecule has 2 rings (SSSR count). The first kappa shape index (κ1) is 14.6. The van der Waals surface area contributed by atoms with Gasteiger partial charge < -0.3 is 9.84 Å². The van der Waals surface area contributed by atoms with E-state index in [0.717, 1.165) is 3.57 Å². The van der Waals surface area contributed by atoms with Crippen molar-refractivity contribution in [3.8, 4) is 5.75 Å². The molecule has 2 nitrogen and oxygen atoms in total. The van der Waals surface area contributed by atoms with Gasteiger partial charge in [0.1, 0.15) is 17.7 Å². The first-order valence-electron chi connectivity index (χ1n) is 5.49. The second kappa shape index (κ2) is 6.07. The van der Waals surface area contributed by atoms with Gasteiger partial charge in [-0.05, 0) is 52.4 Å². The topological polar surface area (TPSA) is 29.5 Å². The zero-order valence-electron chi connectivity index (χ0n) is 10.0. The molecule has 1 N–H and O–H groups in total. The van der Waals surface area contributed by atoms with Gasteiger partial charge in [-0.3, -0.25) is 0 Å². The van der Waals surface area contributed by atoms with E-state index in [-0.39, 0.29) is 5.56 Å². The molecule has 0 amide bonds. The van der Waals surface area contributed by atoms with E-state index in [1.807, 2.05) is 0 Å². The maximum Gasteiger partial charge on any atom is 0.133 e. The Morgan fingerprint density at radius 2 is 2.00 bits per heavy atom. The number of hydrogen-bond acceptors (Lipinski definition) is 2. The highest BCUT2D eigenvalue weighted by atomic mass is 127. The van der Waals surface area contributed by atoms with Crippen molar-refractivity contribution in [2.24, 2.45) is 0 Å². The molecule has 1 unspecified atom stereocenters. The molecule has 0 heterocycles. The highest BCUT2D eigenvalue weighted by molar-refractivity contribution is 14.1. The van der Waals surface area contributed by atoms with Crippen LogP contribution in [0, 0.1) is 9.39 Å². The molecule has 2 aromatic rings. The Kier molecular flexibility index (Phi) is 4.65. The summed E-state index contributed by atoms with van der Waals surface area (Å²) in [6.07, 6.45) is -1.06. The van der Waals surface area contributed by atoms with Crippen LogP contribution in [0.5, 0.6) is 5.75 Å². The number of halogens is 3. The van der Waals surface area contributed by atoms with Crippen molar-refractivity contribution in [1.82, 2.24) is 0 Å². The van der Waals surface area contributed by atoms with Gasteiger partial charge in [-0.2, -0.15) is 0 Å². The molecule has 1 atom stereocenters. The first-order valence-corrected chi connectivity index (χ1v) is 6.95. The predicted molar refractivity (Wildman–Crippen MR) is 81.2 cm³/mol. The zero-order valence-corrected chi connectivity index (χ0v) is 12.9. The Morgan fingerprint density at radius 3 is 2.58 bits per heavy atom. The third-order valence-corrected chi connectivity index (χ3v) is 4.33. The van der Waals surface area contributed by atoms with E-state index in [1.54, 1.807) is 24.3 Å². The fraction of sp³-hybridized carbons (Fsp3) is 0.143.